The molecule has 0 N–H and O–H groups in total. The van der Waals surface area contributed by atoms with Crippen LogP contribution in [0.25, 0.3) is 0 Å². The van der Waals surface area contributed by atoms with E-state index in [1.807, 2.05) is 12.3 Å². The largest absolute Gasteiger partial charge is 0.378 e. The maximum Gasteiger partial charge on any atom is 0.132 e. The summed E-state index contributed by atoms with van der Waals surface area (Å²) < 4.78 is 5.38. The van der Waals surface area contributed by atoms with Crippen LogP contribution in [-0.2, 0) is 10.2 Å². The summed E-state index contributed by atoms with van der Waals surface area (Å²) in [7, 11) is 0. The Morgan fingerprint density at radius 1 is 1.25 bits per heavy atom. The van der Waals surface area contributed by atoms with Crippen molar-refractivity contribution in [2.75, 3.05) is 31.2 Å². The summed E-state index contributed by atoms with van der Waals surface area (Å²) in [4.78, 5) is 6.86. The van der Waals surface area contributed by atoms with Crippen molar-refractivity contribution in [3.63, 3.8) is 0 Å². The summed E-state index contributed by atoms with van der Waals surface area (Å²) in [5.41, 5.74) is 1.46. The summed E-state index contributed by atoms with van der Waals surface area (Å²) in [6.07, 6.45) is 1.88. The maximum absolute atomic E-state index is 5.38. The highest BCUT2D eigenvalue weighted by molar-refractivity contribution is 5.50. The van der Waals surface area contributed by atoms with Crippen molar-refractivity contribution < 1.29 is 4.74 Å². The zero-order valence-electron chi connectivity index (χ0n) is 10.4. The highest BCUT2D eigenvalue weighted by atomic mass is 16.5. The van der Waals surface area contributed by atoms with Crippen LogP contribution in [0.2, 0.25) is 0 Å². The first-order valence-corrected chi connectivity index (χ1v) is 5.87. The minimum Gasteiger partial charge on any atom is -0.378 e. The van der Waals surface area contributed by atoms with Gasteiger partial charge >= 0.3 is 0 Å². The van der Waals surface area contributed by atoms with Crippen molar-refractivity contribution in [3.8, 4) is 0 Å². The van der Waals surface area contributed by atoms with Crippen LogP contribution in [0.4, 0.5) is 5.82 Å². The van der Waals surface area contributed by atoms with Gasteiger partial charge in [-0.2, -0.15) is 0 Å². The van der Waals surface area contributed by atoms with E-state index in [0.717, 1.165) is 32.1 Å². The topological polar surface area (TPSA) is 25.4 Å². The van der Waals surface area contributed by atoms with Crippen LogP contribution in [0, 0.1) is 0 Å². The predicted octanol–water partition coefficient (Wildman–Crippen LogP) is 2.22. The number of nitrogens with zero attached hydrogens (tertiary/aromatic N) is 2. The molecule has 0 bridgehead atoms. The van der Waals surface area contributed by atoms with Crippen LogP contribution in [0.1, 0.15) is 26.3 Å². The van der Waals surface area contributed by atoms with E-state index in [2.05, 4.69) is 36.7 Å². The molecule has 0 saturated carbocycles. The summed E-state index contributed by atoms with van der Waals surface area (Å²) in [6, 6.07) is 4.20. The number of pyridine rings is 1. The van der Waals surface area contributed by atoms with Gasteiger partial charge in [-0.15, -0.1) is 0 Å². The minimum atomic E-state index is 0.141. The van der Waals surface area contributed by atoms with Gasteiger partial charge in [0.05, 0.1) is 13.2 Å². The quantitative estimate of drug-likeness (QED) is 0.725. The van der Waals surface area contributed by atoms with Gasteiger partial charge in [-0.05, 0) is 11.5 Å². The molecule has 16 heavy (non-hydrogen) atoms. The Morgan fingerprint density at radius 3 is 2.56 bits per heavy atom. The standard InChI is InChI=1S/C13H20N2O/c1-13(2,3)11-5-4-6-14-12(11)15-7-9-16-10-8-15/h4-6H,7-10H2,1-3H3. The van der Waals surface area contributed by atoms with Crippen molar-refractivity contribution in [1.82, 2.24) is 4.98 Å². The average molecular weight is 220 g/mol. The molecule has 0 spiro atoms. The number of hydrogen-bond acceptors (Lipinski definition) is 3. The lowest BCUT2D eigenvalue weighted by Crippen LogP contribution is -2.38. The Bertz CT molecular complexity index is 351. The lowest BCUT2D eigenvalue weighted by atomic mass is 9.87. The lowest BCUT2D eigenvalue weighted by Gasteiger charge is -2.32. The van der Waals surface area contributed by atoms with E-state index in [1.165, 1.54) is 5.56 Å². The monoisotopic (exact) mass is 220 g/mol. The summed E-state index contributed by atoms with van der Waals surface area (Å²) in [5.74, 6) is 1.12. The van der Waals surface area contributed by atoms with Gasteiger partial charge in [0.1, 0.15) is 5.82 Å². The highest BCUT2D eigenvalue weighted by Crippen LogP contribution is 2.30. The van der Waals surface area contributed by atoms with Crippen molar-refractivity contribution in [3.05, 3.63) is 23.9 Å². The van der Waals surface area contributed by atoms with E-state index < -0.39 is 0 Å². The van der Waals surface area contributed by atoms with Crippen LogP contribution in [0.15, 0.2) is 18.3 Å². The summed E-state index contributed by atoms with van der Waals surface area (Å²) >= 11 is 0. The van der Waals surface area contributed by atoms with Gasteiger partial charge in [0.15, 0.2) is 0 Å². The minimum absolute atomic E-state index is 0.141. The Labute approximate surface area is 97.4 Å². The molecule has 0 unspecified atom stereocenters. The van der Waals surface area contributed by atoms with Crippen molar-refractivity contribution in [2.45, 2.75) is 26.2 Å². The third kappa shape index (κ3) is 2.35. The molecular formula is C13H20N2O. The number of morpholine rings is 1. The summed E-state index contributed by atoms with van der Waals surface area (Å²) in [6.45, 7) is 10.2. The van der Waals surface area contributed by atoms with E-state index in [9.17, 15) is 0 Å². The second kappa shape index (κ2) is 4.42. The molecule has 2 heterocycles. The molecule has 0 aromatic carbocycles. The number of hydrogen-bond donors (Lipinski definition) is 0. The van der Waals surface area contributed by atoms with Crippen LogP contribution >= 0.6 is 0 Å². The first kappa shape index (κ1) is 11.4. The van der Waals surface area contributed by atoms with Gasteiger partial charge < -0.3 is 9.64 Å². The van der Waals surface area contributed by atoms with E-state index in [0.29, 0.717) is 0 Å². The van der Waals surface area contributed by atoms with E-state index >= 15 is 0 Å². The number of anilines is 1. The molecule has 2 rings (SSSR count). The van der Waals surface area contributed by atoms with Gasteiger partial charge in [-0.1, -0.05) is 26.8 Å². The van der Waals surface area contributed by atoms with Crippen molar-refractivity contribution >= 4 is 5.82 Å². The fourth-order valence-electron chi connectivity index (χ4n) is 2.01. The van der Waals surface area contributed by atoms with Crippen LogP contribution in [0.5, 0.6) is 0 Å². The van der Waals surface area contributed by atoms with Gasteiger partial charge in [-0.25, -0.2) is 4.98 Å². The molecule has 88 valence electrons. The number of rotatable bonds is 1. The van der Waals surface area contributed by atoms with Crippen LogP contribution in [-0.4, -0.2) is 31.3 Å². The molecule has 1 aromatic heterocycles. The Balaban J connectivity index is 2.32. The zero-order chi connectivity index (χ0) is 11.6. The molecule has 1 aliphatic heterocycles. The molecule has 3 heteroatoms. The molecule has 0 aliphatic carbocycles. The predicted molar refractivity (Wildman–Crippen MR) is 66.0 cm³/mol. The SMILES string of the molecule is CC(C)(C)c1cccnc1N1CCOCC1. The van der Waals surface area contributed by atoms with Crippen molar-refractivity contribution in [2.24, 2.45) is 0 Å². The highest BCUT2D eigenvalue weighted by Gasteiger charge is 2.22. The third-order valence-corrected chi connectivity index (χ3v) is 2.91. The first-order chi connectivity index (χ1) is 7.59. The van der Waals surface area contributed by atoms with Crippen molar-refractivity contribution in [1.29, 1.82) is 0 Å². The average Bonchev–Trinajstić information content (AvgIpc) is 2.29. The van der Waals surface area contributed by atoms with E-state index in [4.69, 9.17) is 4.74 Å². The summed E-state index contributed by atoms with van der Waals surface area (Å²) in [5, 5.41) is 0. The number of ether oxygens (including phenoxy) is 1. The second-order valence-electron chi connectivity index (χ2n) is 5.22. The fraction of sp³-hybridized carbons (Fsp3) is 0.615. The van der Waals surface area contributed by atoms with Gasteiger partial charge in [-0.3, -0.25) is 0 Å². The normalized spacial score (nSPS) is 17.6. The molecular weight excluding hydrogens is 200 g/mol. The molecule has 3 nitrogen and oxygen atoms in total. The van der Waals surface area contributed by atoms with E-state index in [-0.39, 0.29) is 5.41 Å². The molecule has 0 atom stereocenters. The van der Waals surface area contributed by atoms with Gasteiger partial charge in [0.2, 0.25) is 0 Å². The molecule has 0 radical (unpaired) electrons. The maximum atomic E-state index is 5.38. The molecule has 1 saturated heterocycles. The Morgan fingerprint density at radius 2 is 1.94 bits per heavy atom. The first-order valence-electron chi connectivity index (χ1n) is 5.87. The lowest BCUT2D eigenvalue weighted by molar-refractivity contribution is 0.122. The fourth-order valence-corrected chi connectivity index (χ4v) is 2.01. The van der Waals surface area contributed by atoms with Gasteiger partial charge in [0.25, 0.3) is 0 Å². The molecule has 1 fully saturated rings. The zero-order valence-corrected chi connectivity index (χ0v) is 10.4. The van der Waals surface area contributed by atoms with Crippen LogP contribution < -0.4 is 4.90 Å². The Hall–Kier alpha value is -1.09. The Kier molecular flexibility index (Phi) is 3.15. The van der Waals surface area contributed by atoms with Gasteiger partial charge in [0, 0.05) is 24.8 Å². The molecule has 1 aromatic rings. The molecule has 1 aliphatic rings. The van der Waals surface area contributed by atoms with Crippen LogP contribution in [0.3, 0.4) is 0 Å². The van der Waals surface area contributed by atoms with E-state index in [1.54, 1.807) is 0 Å². The molecule has 0 amide bonds. The second-order valence-corrected chi connectivity index (χ2v) is 5.22. The smallest absolute Gasteiger partial charge is 0.132 e. The number of aromatic nitrogens is 1. The third-order valence-electron chi connectivity index (χ3n) is 2.91.